The molecule has 1 fully saturated rings. The van der Waals surface area contributed by atoms with Crippen molar-refractivity contribution in [3.05, 3.63) is 17.5 Å². The van der Waals surface area contributed by atoms with Crippen molar-refractivity contribution < 1.29 is 9.59 Å². The molecule has 2 aliphatic rings. The Morgan fingerprint density at radius 3 is 2.67 bits per heavy atom. The van der Waals surface area contributed by atoms with E-state index in [0.29, 0.717) is 0 Å². The molecule has 1 atom stereocenters. The van der Waals surface area contributed by atoms with Gasteiger partial charge in [-0.1, -0.05) is 19.3 Å². The van der Waals surface area contributed by atoms with Crippen molar-refractivity contribution >= 4 is 11.8 Å². The first-order valence-electron chi connectivity index (χ1n) is 9.11. The van der Waals surface area contributed by atoms with Crippen LogP contribution < -0.4 is 5.32 Å². The molecule has 132 valence electrons. The van der Waals surface area contributed by atoms with Gasteiger partial charge in [-0.25, -0.2) is 0 Å². The van der Waals surface area contributed by atoms with Crippen LogP contribution >= 0.6 is 0 Å². The highest BCUT2D eigenvalue weighted by molar-refractivity contribution is 5.79. The molecule has 3 rings (SSSR count). The second-order valence-electron chi connectivity index (χ2n) is 7.31. The van der Waals surface area contributed by atoms with Crippen molar-refractivity contribution in [2.45, 2.75) is 64.0 Å². The lowest BCUT2D eigenvalue weighted by Crippen LogP contribution is -2.36. The van der Waals surface area contributed by atoms with Crippen molar-refractivity contribution in [3.8, 4) is 0 Å². The SMILES string of the molecule is CN(C)C(=O)Cn1cc2c(n1)C(NC(=O)C1CCCCC1)CCC2. The molecule has 0 bridgehead atoms. The minimum Gasteiger partial charge on any atom is -0.347 e. The van der Waals surface area contributed by atoms with Gasteiger partial charge in [0, 0.05) is 26.2 Å². The minimum absolute atomic E-state index is 0.00103. The van der Waals surface area contributed by atoms with Crippen molar-refractivity contribution in [2.24, 2.45) is 5.92 Å². The summed E-state index contributed by atoms with van der Waals surface area (Å²) >= 11 is 0. The molecule has 0 spiro atoms. The van der Waals surface area contributed by atoms with Crippen LogP contribution in [0, 0.1) is 5.92 Å². The van der Waals surface area contributed by atoms with E-state index in [1.807, 2.05) is 6.20 Å². The van der Waals surface area contributed by atoms with E-state index in [4.69, 9.17) is 0 Å². The zero-order valence-corrected chi connectivity index (χ0v) is 14.8. The number of nitrogens with zero attached hydrogens (tertiary/aromatic N) is 3. The van der Waals surface area contributed by atoms with E-state index in [2.05, 4.69) is 10.4 Å². The zero-order valence-electron chi connectivity index (χ0n) is 14.8. The first-order chi connectivity index (χ1) is 11.5. The molecular weight excluding hydrogens is 304 g/mol. The summed E-state index contributed by atoms with van der Waals surface area (Å²) in [6.07, 6.45) is 10.5. The average molecular weight is 332 g/mol. The minimum atomic E-state index is -0.00103. The molecule has 1 saturated carbocycles. The number of carbonyl (C=O) groups is 2. The molecule has 2 amide bonds. The van der Waals surface area contributed by atoms with E-state index in [1.165, 1.54) is 12.0 Å². The fourth-order valence-electron chi connectivity index (χ4n) is 3.75. The van der Waals surface area contributed by atoms with Crippen molar-refractivity contribution in [3.63, 3.8) is 0 Å². The van der Waals surface area contributed by atoms with Gasteiger partial charge in [-0.3, -0.25) is 14.3 Å². The maximum Gasteiger partial charge on any atom is 0.243 e. The molecule has 1 unspecified atom stereocenters. The van der Waals surface area contributed by atoms with Crippen LogP contribution in [0.1, 0.15) is 62.2 Å². The highest BCUT2D eigenvalue weighted by atomic mass is 16.2. The molecule has 0 radical (unpaired) electrons. The Morgan fingerprint density at radius 1 is 1.21 bits per heavy atom. The molecule has 0 saturated heterocycles. The lowest BCUT2D eigenvalue weighted by Gasteiger charge is -2.26. The molecule has 24 heavy (non-hydrogen) atoms. The zero-order chi connectivity index (χ0) is 17.1. The van der Waals surface area contributed by atoms with Gasteiger partial charge in [-0.05, 0) is 37.7 Å². The van der Waals surface area contributed by atoms with Crippen LogP contribution in [-0.4, -0.2) is 40.6 Å². The first kappa shape index (κ1) is 17.0. The van der Waals surface area contributed by atoms with E-state index in [9.17, 15) is 9.59 Å². The average Bonchev–Trinajstić information content (AvgIpc) is 2.99. The summed E-state index contributed by atoms with van der Waals surface area (Å²) in [5, 5.41) is 7.83. The van der Waals surface area contributed by atoms with Crippen LogP contribution in [0.3, 0.4) is 0 Å². The van der Waals surface area contributed by atoms with Gasteiger partial charge >= 0.3 is 0 Å². The third-order valence-corrected chi connectivity index (χ3v) is 5.23. The van der Waals surface area contributed by atoms with E-state index < -0.39 is 0 Å². The largest absolute Gasteiger partial charge is 0.347 e. The fraction of sp³-hybridized carbons (Fsp3) is 0.722. The number of rotatable bonds is 4. The summed E-state index contributed by atoms with van der Waals surface area (Å²) in [5.41, 5.74) is 2.12. The fourth-order valence-corrected chi connectivity index (χ4v) is 3.75. The summed E-state index contributed by atoms with van der Waals surface area (Å²) < 4.78 is 1.72. The Hall–Kier alpha value is -1.85. The quantitative estimate of drug-likeness (QED) is 0.917. The molecule has 2 aliphatic carbocycles. The Kier molecular flexibility index (Phi) is 5.21. The van der Waals surface area contributed by atoms with Gasteiger partial charge < -0.3 is 10.2 Å². The lowest BCUT2D eigenvalue weighted by atomic mass is 9.87. The van der Waals surface area contributed by atoms with E-state index in [1.54, 1.807) is 23.7 Å². The molecule has 6 nitrogen and oxygen atoms in total. The monoisotopic (exact) mass is 332 g/mol. The Bertz CT molecular complexity index is 602. The van der Waals surface area contributed by atoms with Crippen LogP contribution in [0.25, 0.3) is 0 Å². The number of carbonyl (C=O) groups excluding carboxylic acids is 2. The topological polar surface area (TPSA) is 67.2 Å². The normalized spacial score (nSPS) is 21.2. The third-order valence-electron chi connectivity index (χ3n) is 5.23. The van der Waals surface area contributed by atoms with Gasteiger partial charge in [0.25, 0.3) is 0 Å². The second kappa shape index (κ2) is 7.36. The number of aryl methyl sites for hydroxylation is 1. The third kappa shape index (κ3) is 3.79. The predicted octanol–water partition coefficient (Wildman–Crippen LogP) is 2.05. The molecule has 0 aliphatic heterocycles. The number of aromatic nitrogens is 2. The standard InChI is InChI=1S/C18H28N4O2/c1-21(2)16(23)12-22-11-14-9-6-10-15(17(14)20-22)19-18(24)13-7-4-3-5-8-13/h11,13,15H,3-10,12H2,1-2H3,(H,19,24). The summed E-state index contributed by atoms with van der Waals surface area (Å²) in [6.45, 7) is 0.253. The van der Waals surface area contributed by atoms with E-state index in [-0.39, 0.29) is 30.3 Å². The van der Waals surface area contributed by atoms with Gasteiger partial charge in [0.2, 0.25) is 11.8 Å². The van der Waals surface area contributed by atoms with Gasteiger partial charge in [0.15, 0.2) is 0 Å². The summed E-state index contributed by atoms with van der Waals surface area (Å²) in [7, 11) is 3.50. The van der Waals surface area contributed by atoms with Crippen LogP contribution in [0.5, 0.6) is 0 Å². The van der Waals surface area contributed by atoms with E-state index in [0.717, 1.165) is 50.6 Å². The molecule has 1 aromatic heterocycles. The Balaban J connectivity index is 1.68. The number of fused-ring (bicyclic) bond motifs is 1. The summed E-state index contributed by atoms with van der Waals surface area (Å²) in [4.78, 5) is 26.0. The maximum absolute atomic E-state index is 12.5. The number of amides is 2. The van der Waals surface area contributed by atoms with Crippen molar-refractivity contribution in [2.75, 3.05) is 14.1 Å². The van der Waals surface area contributed by atoms with Gasteiger partial charge in [-0.15, -0.1) is 0 Å². The molecule has 0 aromatic carbocycles. The lowest BCUT2D eigenvalue weighted by molar-refractivity contribution is -0.129. The molecule has 1 N–H and O–H groups in total. The van der Waals surface area contributed by atoms with Crippen LogP contribution in [0.4, 0.5) is 0 Å². The van der Waals surface area contributed by atoms with Crippen molar-refractivity contribution in [1.82, 2.24) is 20.0 Å². The molecule has 1 heterocycles. The highest BCUT2D eigenvalue weighted by Crippen LogP contribution is 2.30. The highest BCUT2D eigenvalue weighted by Gasteiger charge is 2.29. The number of hydrogen-bond acceptors (Lipinski definition) is 3. The van der Waals surface area contributed by atoms with Crippen LogP contribution in [-0.2, 0) is 22.6 Å². The first-order valence-corrected chi connectivity index (χ1v) is 9.11. The van der Waals surface area contributed by atoms with Crippen molar-refractivity contribution in [1.29, 1.82) is 0 Å². The molecule has 1 aromatic rings. The van der Waals surface area contributed by atoms with Gasteiger partial charge in [0.05, 0.1) is 11.7 Å². The molecular formula is C18H28N4O2. The number of likely N-dealkylation sites (N-methyl/N-ethyl adjacent to an activating group) is 1. The Labute approximate surface area is 143 Å². The summed E-state index contributed by atoms with van der Waals surface area (Å²) in [6, 6.07) is -0.00103. The van der Waals surface area contributed by atoms with Crippen LogP contribution in [0.15, 0.2) is 6.20 Å². The molecule has 6 heteroatoms. The second-order valence-corrected chi connectivity index (χ2v) is 7.31. The Morgan fingerprint density at radius 2 is 1.96 bits per heavy atom. The van der Waals surface area contributed by atoms with Crippen LogP contribution in [0.2, 0.25) is 0 Å². The van der Waals surface area contributed by atoms with E-state index >= 15 is 0 Å². The van der Waals surface area contributed by atoms with Gasteiger partial charge in [-0.2, -0.15) is 5.10 Å². The maximum atomic E-state index is 12.5. The number of hydrogen-bond donors (Lipinski definition) is 1. The smallest absolute Gasteiger partial charge is 0.243 e. The summed E-state index contributed by atoms with van der Waals surface area (Å²) in [5.74, 6) is 0.380. The predicted molar refractivity (Wildman–Crippen MR) is 91.3 cm³/mol. The number of nitrogens with one attached hydrogen (secondary N) is 1. The van der Waals surface area contributed by atoms with Gasteiger partial charge in [0.1, 0.15) is 6.54 Å².